The maximum Gasteiger partial charge on any atom is 0.0900 e. The van der Waals surface area contributed by atoms with Crippen molar-refractivity contribution >= 4 is 50.0 Å². The molecule has 112 valence electrons. The van der Waals surface area contributed by atoms with Crippen molar-refractivity contribution in [1.29, 1.82) is 0 Å². The molecule has 0 aliphatic carbocycles. The monoisotopic (exact) mass is 395 g/mol. The molecule has 1 aromatic heterocycles. The summed E-state index contributed by atoms with van der Waals surface area (Å²) in [5.74, 6) is 0. The number of benzene rings is 2. The first-order valence-corrected chi connectivity index (χ1v) is 8.57. The summed E-state index contributed by atoms with van der Waals surface area (Å²) in [6.45, 7) is 0. The Morgan fingerprint density at radius 3 is 2.50 bits per heavy atom. The summed E-state index contributed by atoms with van der Waals surface area (Å²) < 4.78 is 0. The largest absolute Gasteiger partial charge is 0.388 e. The summed E-state index contributed by atoms with van der Waals surface area (Å²) in [4.78, 5) is 4.65. The highest BCUT2D eigenvalue weighted by Gasteiger charge is 2.16. The predicted molar refractivity (Wildman–Crippen MR) is 96.0 cm³/mol. The maximum atomic E-state index is 10.3. The average molecular weight is 397 g/mol. The molecule has 22 heavy (non-hydrogen) atoms. The summed E-state index contributed by atoms with van der Waals surface area (Å²) in [5, 5.41) is 12.5. The molecular weight excluding hydrogens is 385 g/mol. The molecule has 0 aliphatic rings. The number of rotatable bonds is 3. The van der Waals surface area contributed by atoms with Crippen LogP contribution < -0.4 is 0 Å². The van der Waals surface area contributed by atoms with Crippen LogP contribution in [0.3, 0.4) is 0 Å². The van der Waals surface area contributed by atoms with E-state index in [9.17, 15) is 5.11 Å². The molecule has 2 nitrogen and oxygen atoms in total. The molecule has 0 radical (unpaired) electrons. The van der Waals surface area contributed by atoms with E-state index in [0.717, 1.165) is 22.2 Å². The van der Waals surface area contributed by atoms with Gasteiger partial charge in [0, 0.05) is 21.3 Å². The number of nitrogens with zero attached hydrogens (tertiary/aromatic N) is 1. The number of hydrogen-bond acceptors (Lipinski definition) is 2. The summed E-state index contributed by atoms with van der Waals surface area (Å²) >= 11 is 15.7. The van der Waals surface area contributed by atoms with Crippen LogP contribution in [-0.4, -0.2) is 15.4 Å². The Morgan fingerprint density at radius 2 is 1.82 bits per heavy atom. The second kappa shape index (κ2) is 6.55. The van der Waals surface area contributed by atoms with E-state index in [1.807, 2.05) is 36.4 Å². The second-order valence-electron chi connectivity index (χ2n) is 4.92. The first-order valence-electron chi connectivity index (χ1n) is 6.69. The van der Waals surface area contributed by atoms with Crippen molar-refractivity contribution in [2.45, 2.75) is 6.10 Å². The average Bonchev–Trinajstić information content (AvgIpc) is 2.54. The van der Waals surface area contributed by atoms with E-state index >= 15 is 0 Å². The minimum Gasteiger partial charge on any atom is -0.388 e. The van der Waals surface area contributed by atoms with Crippen molar-refractivity contribution in [2.75, 3.05) is 5.33 Å². The van der Waals surface area contributed by atoms with Crippen molar-refractivity contribution in [3.8, 4) is 11.3 Å². The van der Waals surface area contributed by atoms with Crippen LogP contribution in [0.1, 0.15) is 11.7 Å². The standard InChI is InChI=1S/C17H12BrCl2NO/c18-9-16(22)12-8-15(10-4-2-1-3-5-10)21-17-13(12)6-11(19)7-14(17)20/h1-8,16,22H,9H2/t16-/m1/s1. The van der Waals surface area contributed by atoms with Gasteiger partial charge in [0.05, 0.1) is 22.3 Å². The SMILES string of the molecule is O[C@H](CBr)c1cc(-c2ccccc2)nc2c(Cl)cc(Cl)cc12. The van der Waals surface area contributed by atoms with Gasteiger partial charge >= 0.3 is 0 Å². The molecule has 0 fully saturated rings. The van der Waals surface area contributed by atoms with E-state index < -0.39 is 6.10 Å². The lowest BCUT2D eigenvalue weighted by Gasteiger charge is -2.14. The van der Waals surface area contributed by atoms with Crippen LogP contribution in [0.5, 0.6) is 0 Å². The van der Waals surface area contributed by atoms with E-state index in [0.29, 0.717) is 20.9 Å². The molecule has 5 heteroatoms. The fourth-order valence-electron chi connectivity index (χ4n) is 2.39. The van der Waals surface area contributed by atoms with Gasteiger partial charge in [0.15, 0.2) is 0 Å². The number of hydrogen-bond donors (Lipinski definition) is 1. The van der Waals surface area contributed by atoms with Gasteiger partial charge in [-0.05, 0) is 23.8 Å². The highest BCUT2D eigenvalue weighted by atomic mass is 79.9. The lowest BCUT2D eigenvalue weighted by Crippen LogP contribution is -2.02. The molecule has 1 atom stereocenters. The zero-order valence-electron chi connectivity index (χ0n) is 11.4. The number of aromatic nitrogens is 1. The van der Waals surface area contributed by atoms with Crippen molar-refractivity contribution in [1.82, 2.24) is 4.98 Å². The number of aliphatic hydroxyl groups is 1. The molecule has 3 aromatic rings. The molecule has 0 saturated heterocycles. The van der Waals surface area contributed by atoms with Crippen LogP contribution in [0, 0.1) is 0 Å². The van der Waals surface area contributed by atoms with Gasteiger partial charge in [-0.2, -0.15) is 0 Å². The molecule has 0 saturated carbocycles. The minimum absolute atomic E-state index is 0.421. The van der Waals surface area contributed by atoms with Crippen molar-refractivity contribution in [3.05, 3.63) is 64.1 Å². The third kappa shape index (κ3) is 2.99. The number of alkyl halides is 1. The second-order valence-corrected chi connectivity index (χ2v) is 6.41. The Bertz CT molecular complexity index is 824. The van der Waals surface area contributed by atoms with Gasteiger partial charge in [-0.25, -0.2) is 4.98 Å². The molecule has 1 N–H and O–H groups in total. The van der Waals surface area contributed by atoms with E-state index in [2.05, 4.69) is 20.9 Å². The first-order chi connectivity index (χ1) is 10.6. The third-order valence-corrected chi connectivity index (χ3v) is 4.56. The fourth-order valence-corrected chi connectivity index (χ4v) is 3.28. The van der Waals surface area contributed by atoms with E-state index in [-0.39, 0.29) is 0 Å². The van der Waals surface area contributed by atoms with Crippen molar-refractivity contribution in [3.63, 3.8) is 0 Å². The first kappa shape index (κ1) is 15.8. The number of pyridine rings is 1. The molecule has 0 unspecified atom stereocenters. The van der Waals surface area contributed by atoms with Gasteiger partial charge in [-0.1, -0.05) is 69.5 Å². The Balaban J connectivity index is 2.33. The fraction of sp³-hybridized carbons (Fsp3) is 0.118. The summed E-state index contributed by atoms with van der Waals surface area (Å²) in [6, 6.07) is 15.1. The Kier molecular flexibility index (Phi) is 4.69. The molecular formula is C17H12BrCl2NO. The molecule has 0 aliphatic heterocycles. The van der Waals surface area contributed by atoms with Gasteiger partial charge < -0.3 is 5.11 Å². The lowest BCUT2D eigenvalue weighted by atomic mass is 10.0. The van der Waals surface area contributed by atoms with Crippen LogP contribution in [-0.2, 0) is 0 Å². The topological polar surface area (TPSA) is 33.1 Å². The molecule has 0 bridgehead atoms. The zero-order chi connectivity index (χ0) is 15.7. The van der Waals surface area contributed by atoms with Gasteiger partial charge in [-0.15, -0.1) is 0 Å². The number of fused-ring (bicyclic) bond motifs is 1. The van der Waals surface area contributed by atoms with E-state index in [1.54, 1.807) is 12.1 Å². The van der Waals surface area contributed by atoms with Crippen molar-refractivity contribution in [2.24, 2.45) is 0 Å². The third-order valence-electron chi connectivity index (χ3n) is 3.44. The molecule has 3 rings (SSSR count). The van der Waals surface area contributed by atoms with Crippen molar-refractivity contribution < 1.29 is 5.11 Å². The Morgan fingerprint density at radius 1 is 1.09 bits per heavy atom. The van der Waals surface area contributed by atoms with Gasteiger partial charge in [0.1, 0.15) is 0 Å². The van der Waals surface area contributed by atoms with Crippen LogP contribution >= 0.6 is 39.1 Å². The minimum atomic E-state index is -0.664. The van der Waals surface area contributed by atoms with Gasteiger partial charge in [-0.3, -0.25) is 0 Å². The van der Waals surface area contributed by atoms with Gasteiger partial charge in [0.2, 0.25) is 0 Å². The maximum absolute atomic E-state index is 10.3. The highest BCUT2D eigenvalue weighted by Crippen LogP contribution is 2.34. The molecule has 2 aromatic carbocycles. The number of aliphatic hydroxyl groups excluding tert-OH is 1. The molecule has 1 heterocycles. The summed E-state index contributed by atoms with van der Waals surface area (Å²) in [6.07, 6.45) is -0.664. The highest BCUT2D eigenvalue weighted by molar-refractivity contribution is 9.09. The normalized spacial score (nSPS) is 12.5. The van der Waals surface area contributed by atoms with Crippen LogP contribution in [0.25, 0.3) is 22.2 Å². The quantitative estimate of drug-likeness (QED) is 0.581. The van der Waals surface area contributed by atoms with Crippen LogP contribution in [0.2, 0.25) is 10.0 Å². The molecule has 0 amide bonds. The van der Waals surface area contributed by atoms with Crippen LogP contribution in [0.4, 0.5) is 0 Å². The predicted octanol–water partition coefficient (Wildman–Crippen LogP) is 5.64. The van der Waals surface area contributed by atoms with E-state index in [4.69, 9.17) is 23.2 Å². The lowest BCUT2D eigenvalue weighted by molar-refractivity contribution is 0.207. The summed E-state index contributed by atoms with van der Waals surface area (Å²) in [7, 11) is 0. The van der Waals surface area contributed by atoms with Gasteiger partial charge in [0.25, 0.3) is 0 Å². The Hall–Kier alpha value is -1.13. The Labute approximate surface area is 146 Å². The number of halogens is 3. The molecule has 0 spiro atoms. The smallest absolute Gasteiger partial charge is 0.0900 e. The van der Waals surface area contributed by atoms with Crippen LogP contribution in [0.15, 0.2) is 48.5 Å². The van der Waals surface area contributed by atoms with E-state index in [1.165, 1.54) is 0 Å². The summed E-state index contributed by atoms with van der Waals surface area (Å²) in [5.41, 5.74) is 3.14. The zero-order valence-corrected chi connectivity index (χ0v) is 14.5.